The van der Waals surface area contributed by atoms with E-state index in [0.717, 1.165) is 0 Å². The Hall–Kier alpha value is -2.30. The van der Waals surface area contributed by atoms with Crippen molar-refractivity contribution in [2.24, 2.45) is 0 Å². The van der Waals surface area contributed by atoms with Crippen molar-refractivity contribution >= 4 is 11.6 Å². The maximum absolute atomic E-state index is 12.3. The van der Waals surface area contributed by atoms with Crippen LogP contribution >= 0.6 is 0 Å². The second-order valence-corrected chi connectivity index (χ2v) is 4.12. The molecule has 0 fully saturated rings. The molecule has 0 amide bonds. The number of ketones is 1. The number of carbonyl (C=O) groups excluding carboxylic acids is 1. The number of hydrogen-bond donors (Lipinski definition) is 1. The monoisotopic (exact) mass is 242 g/mol. The summed E-state index contributed by atoms with van der Waals surface area (Å²) in [6.45, 7) is 3.96. The molecular formula is C13H14N4O. The molecule has 0 aliphatic carbocycles. The predicted octanol–water partition coefficient (Wildman–Crippen LogP) is 1.92. The zero-order chi connectivity index (χ0) is 13.0. The van der Waals surface area contributed by atoms with Gasteiger partial charge in [0.2, 0.25) is 5.78 Å². The number of carbonyl (C=O) groups is 1. The molecule has 92 valence electrons. The summed E-state index contributed by atoms with van der Waals surface area (Å²) < 4.78 is 0. The molecule has 0 atom stereocenters. The van der Waals surface area contributed by atoms with Crippen molar-refractivity contribution in [1.82, 2.24) is 15.0 Å². The van der Waals surface area contributed by atoms with Crippen LogP contribution < -0.4 is 5.32 Å². The lowest BCUT2D eigenvalue weighted by Crippen LogP contribution is -2.16. The highest BCUT2D eigenvalue weighted by Crippen LogP contribution is 2.14. The summed E-state index contributed by atoms with van der Waals surface area (Å²) in [5.41, 5.74) is 0.823. The maximum Gasteiger partial charge on any atom is 0.216 e. The molecule has 0 spiro atoms. The number of rotatable bonds is 4. The van der Waals surface area contributed by atoms with Gasteiger partial charge in [-0.05, 0) is 26.0 Å². The number of nitrogens with zero attached hydrogens (tertiary/aromatic N) is 3. The Morgan fingerprint density at radius 2 is 2.00 bits per heavy atom. The second kappa shape index (κ2) is 5.35. The van der Waals surface area contributed by atoms with Crippen LogP contribution in [0.4, 0.5) is 5.82 Å². The first-order chi connectivity index (χ1) is 8.68. The quantitative estimate of drug-likeness (QED) is 0.830. The minimum atomic E-state index is -0.181. The number of aromatic nitrogens is 3. The van der Waals surface area contributed by atoms with Crippen molar-refractivity contribution in [2.45, 2.75) is 19.9 Å². The van der Waals surface area contributed by atoms with Crippen LogP contribution in [-0.4, -0.2) is 26.8 Å². The molecule has 0 saturated carbocycles. The van der Waals surface area contributed by atoms with E-state index in [-0.39, 0.29) is 11.8 Å². The summed E-state index contributed by atoms with van der Waals surface area (Å²) in [5, 5.41) is 3.11. The van der Waals surface area contributed by atoms with Gasteiger partial charge in [0.05, 0.1) is 0 Å². The van der Waals surface area contributed by atoms with Crippen LogP contribution in [0, 0.1) is 0 Å². The van der Waals surface area contributed by atoms with E-state index < -0.39 is 0 Å². The molecule has 0 aliphatic rings. The normalized spacial score (nSPS) is 10.4. The first kappa shape index (κ1) is 12.2. The summed E-state index contributed by atoms with van der Waals surface area (Å²) in [4.78, 5) is 24.5. The zero-order valence-corrected chi connectivity index (χ0v) is 10.3. The van der Waals surface area contributed by atoms with Gasteiger partial charge in [-0.2, -0.15) is 0 Å². The molecule has 5 heteroatoms. The van der Waals surface area contributed by atoms with E-state index >= 15 is 0 Å². The van der Waals surface area contributed by atoms with E-state index in [2.05, 4.69) is 20.3 Å². The molecule has 0 aromatic carbocycles. The third kappa shape index (κ3) is 2.68. The fourth-order valence-corrected chi connectivity index (χ4v) is 1.52. The minimum absolute atomic E-state index is 0.181. The van der Waals surface area contributed by atoms with Crippen molar-refractivity contribution in [3.05, 3.63) is 48.2 Å². The highest BCUT2D eigenvalue weighted by Gasteiger charge is 2.16. The van der Waals surface area contributed by atoms with Gasteiger partial charge in [0.15, 0.2) is 11.5 Å². The van der Waals surface area contributed by atoms with Crippen molar-refractivity contribution in [1.29, 1.82) is 0 Å². The molecule has 2 heterocycles. The smallest absolute Gasteiger partial charge is 0.216 e. The molecule has 5 nitrogen and oxygen atoms in total. The molecule has 2 rings (SSSR count). The number of hydrogen-bond acceptors (Lipinski definition) is 5. The Labute approximate surface area is 105 Å². The topological polar surface area (TPSA) is 67.8 Å². The average molecular weight is 242 g/mol. The third-order valence-corrected chi connectivity index (χ3v) is 2.26. The van der Waals surface area contributed by atoms with Crippen molar-refractivity contribution in [3.63, 3.8) is 0 Å². The SMILES string of the molecule is CC(C)Nc1nccnc1C(=O)c1cccnc1. The Bertz CT molecular complexity index is 540. The number of anilines is 1. The van der Waals surface area contributed by atoms with Crippen molar-refractivity contribution in [2.75, 3.05) is 5.32 Å². The Balaban J connectivity index is 2.36. The van der Waals surface area contributed by atoms with Crippen LogP contribution in [0.25, 0.3) is 0 Å². The maximum atomic E-state index is 12.3. The molecule has 1 N–H and O–H groups in total. The molecular weight excluding hydrogens is 228 g/mol. The Morgan fingerprint density at radius 1 is 1.22 bits per heavy atom. The van der Waals surface area contributed by atoms with Crippen LogP contribution in [0.15, 0.2) is 36.9 Å². The van der Waals surface area contributed by atoms with E-state index in [1.807, 2.05) is 13.8 Å². The molecule has 2 aromatic heterocycles. The lowest BCUT2D eigenvalue weighted by molar-refractivity contribution is 0.103. The minimum Gasteiger partial charge on any atom is -0.366 e. The summed E-state index contributed by atoms with van der Waals surface area (Å²) >= 11 is 0. The molecule has 0 saturated heterocycles. The molecule has 0 unspecified atom stereocenters. The van der Waals surface area contributed by atoms with Gasteiger partial charge in [0.25, 0.3) is 0 Å². The van der Waals surface area contributed by atoms with Crippen LogP contribution in [0.2, 0.25) is 0 Å². The van der Waals surface area contributed by atoms with Crippen LogP contribution in [-0.2, 0) is 0 Å². The summed E-state index contributed by atoms with van der Waals surface area (Å²) in [6.07, 6.45) is 6.22. The predicted molar refractivity (Wildman–Crippen MR) is 68.5 cm³/mol. The molecule has 0 bridgehead atoms. The lowest BCUT2D eigenvalue weighted by Gasteiger charge is -2.11. The van der Waals surface area contributed by atoms with E-state index in [0.29, 0.717) is 17.1 Å². The molecule has 0 radical (unpaired) electrons. The van der Waals surface area contributed by atoms with Crippen molar-refractivity contribution in [3.8, 4) is 0 Å². The summed E-state index contributed by atoms with van der Waals surface area (Å²) in [5.74, 6) is 0.320. The standard InChI is InChI=1S/C13H14N4O/c1-9(2)17-13-11(15-6-7-16-13)12(18)10-4-3-5-14-8-10/h3-9H,1-2H3,(H,16,17). The van der Waals surface area contributed by atoms with Gasteiger partial charge in [-0.3, -0.25) is 9.78 Å². The zero-order valence-electron chi connectivity index (χ0n) is 10.3. The highest BCUT2D eigenvalue weighted by molar-refractivity contribution is 6.10. The largest absolute Gasteiger partial charge is 0.366 e. The van der Waals surface area contributed by atoms with E-state index in [1.54, 1.807) is 24.5 Å². The van der Waals surface area contributed by atoms with Gasteiger partial charge in [-0.15, -0.1) is 0 Å². The van der Waals surface area contributed by atoms with Gasteiger partial charge < -0.3 is 5.32 Å². The van der Waals surface area contributed by atoms with Gasteiger partial charge in [-0.25, -0.2) is 9.97 Å². The molecule has 2 aromatic rings. The van der Waals surface area contributed by atoms with E-state index in [4.69, 9.17) is 0 Å². The third-order valence-electron chi connectivity index (χ3n) is 2.26. The van der Waals surface area contributed by atoms with Crippen molar-refractivity contribution < 1.29 is 4.79 Å². The molecule has 0 aliphatic heterocycles. The summed E-state index contributed by atoms with van der Waals surface area (Å²) in [7, 11) is 0. The Morgan fingerprint density at radius 3 is 2.67 bits per heavy atom. The van der Waals surface area contributed by atoms with Crippen LogP contribution in [0.1, 0.15) is 29.9 Å². The van der Waals surface area contributed by atoms with Crippen LogP contribution in [0.5, 0.6) is 0 Å². The first-order valence-corrected chi connectivity index (χ1v) is 5.70. The second-order valence-electron chi connectivity index (χ2n) is 4.12. The molecule has 18 heavy (non-hydrogen) atoms. The van der Waals surface area contributed by atoms with E-state index in [9.17, 15) is 4.79 Å². The van der Waals surface area contributed by atoms with Crippen LogP contribution in [0.3, 0.4) is 0 Å². The van der Waals surface area contributed by atoms with Gasteiger partial charge in [0.1, 0.15) is 0 Å². The van der Waals surface area contributed by atoms with Gasteiger partial charge in [-0.1, -0.05) is 0 Å². The Kier molecular flexibility index (Phi) is 3.62. The number of pyridine rings is 1. The fraction of sp³-hybridized carbons (Fsp3) is 0.231. The summed E-state index contributed by atoms with van der Waals surface area (Å²) in [6, 6.07) is 3.62. The van der Waals surface area contributed by atoms with Gasteiger partial charge >= 0.3 is 0 Å². The fourth-order valence-electron chi connectivity index (χ4n) is 1.52. The number of nitrogens with one attached hydrogen (secondary N) is 1. The first-order valence-electron chi connectivity index (χ1n) is 5.70. The lowest BCUT2D eigenvalue weighted by atomic mass is 10.1. The van der Waals surface area contributed by atoms with Gasteiger partial charge in [0, 0.05) is 36.4 Å². The average Bonchev–Trinajstić information content (AvgIpc) is 2.39. The highest BCUT2D eigenvalue weighted by atomic mass is 16.1. The van der Waals surface area contributed by atoms with E-state index in [1.165, 1.54) is 12.4 Å².